The normalized spacial score (nSPS) is 18.1. The SMILES string of the molecule is O=C1C(=O)N(c2cccc(F)c2)C(c2c[nH]c3ccccc23)/C1=C(\O)c1ccncc1. The van der Waals surface area contributed by atoms with Gasteiger partial charge in [0.1, 0.15) is 11.6 Å². The van der Waals surface area contributed by atoms with Crippen molar-refractivity contribution in [3.8, 4) is 0 Å². The van der Waals surface area contributed by atoms with Gasteiger partial charge in [-0.25, -0.2) is 4.39 Å². The van der Waals surface area contributed by atoms with Crippen LogP contribution in [0.3, 0.4) is 0 Å². The third-order valence-corrected chi connectivity index (χ3v) is 5.40. The van der Waals surface area contributed by atoms with Crippen molar-refractivity contribution in [2.45, 2.75) is 6.04 Å². The predicted molar refractivity (Wildman–Crippen MR) is 114 cm³/mol. The van der Waals surface area contributed by atoms with Crippen molar-refractivity contribution in [3.63, 3.8) is 0 Å². The van der Waals surface area contributed by atoms with Crippen LogP contribution in [-0.2, 0) is 9.59 Å². The lowest BCUT2D eigenvalue weighted by Gasteiger charge is -2.25. The van der Waals surface area contributed by atoms with Crippen LogP contribution in [0.2, 0.25) is 0 Å². The average Bonchev–Trinajstić information content (AvgIpc) is 3.33. The van der Waals surface area contributed by atoms with Gasteiger partial charge in [-0.2, -0.15) is 0 Å². The van der Waals surface area contributed by atoms with Crippen LogP contribution in [0, 0.1) is 5.82 Å². The van der Waals surface area contributed by atoms with Crippen LogP contribution in [-0.4, -0.2) is 26.8 Å². The maximum atomic E-state index is 14.0. The lowest BCUT2D eigenvalue weighted by Crippen LogP contribution is -2.29. The van der Waals surface area contributed by atoms with Crippen LogP contribution in [0.15, 0.2) is 84.8 Å². The molecule has 0 spiro atoms. The molecule has 0 aliphatic carbocycles. The molecule has 1 unspecified atom stereocenters. The summed E-state index contributed by atoms with van der Waals surface area (Å²) in [7, 11) is 0. The van der Waals surface area contributed by atoms with Gasteiger partial charge in [0.05, 0.1) is 11.6 Å². The average molecular weight is 413 g/mol. The second kappa shape index (κ2) is 7.21. The fourth-order valence-electron chi connectivity index (χ4n) is 4.00. The Labute approximate surface area is 176 Å². The quantitative estimate of drug-likeness (QED) is 0.297. The number of aliphatic hydroxyl groups excluding tert-OH is 1. The number of fused-ring (bicyclic) bond motifs is 1. The number of carbonyl (C=O) groups is 2. The van der Waals surface area contributed by atoms with E-state index in [0.29, 0.717) is 11.1 Å². The van der Waals surface area contributed by atoms with E-state index < -0.39 is 23.5 Å². The summed E-state index contributed by atoms with van der Waals surface area (Å²) in [6.07, 6.45) is 4.67. The van der Waals surface area contributed by atoms with Crippen molar-refractivity contribution in [1.82, 2.24) is 9.97 Å². The Bertz CT molecular complexity index is 1360. The molecule has 152 valence electrons. The summed E-state index contributed by atoms with van der Waals surface area (Å²) in [5.74, 6) is -2.52. The molecule has 3 heterocycles. The number of aromatic amines is 1. The number of carbonyl (C=O) groups excluding carboxylic acids is 2. The van der Waals surface area contributed by atoms with Crippen molar-refractivity contribution < 1.29 is 19.1 Å². The highest BCUT2D eigenvalue weighted by molar-refractivity contribution is 6.51. The Kier molecular flexibility index (Phi) is 4.36. The molecule has 31 heavy (non-hydrogen) atoms. The minimum atomic E-state index is -0.939. The number of rotatable bonds is 3. The zero-order valence-corrected chi connectivity index (χ0v) is 16.1. The molecule has 5 rings (SSSR count). The molecule has 2 aromatic carbocycles. The van der Waals surface area contributed by atoms with E-state index in [1.54, 1.807) is 24.4 Å². The molecule has 1 amide bonds. The Morgan fingerprint density at radius 1 is 1.03 bits per heavy atom. The van der Waals surface area contributed by atoms with Crippen LogP contribution < -0.4 is 4.90 Å². The number of nitrogens with zero attached hydrogens (tertiary/aromatic N) is 2. The molecule has 1 atom stereocenters. The van der Waals surface area contributed by atoms with E-state index in [-0.39, 0.29) is 17.0 Å². The largest absolute Gasteiger partial charge is 0.507 e. The number of anilines is 1. The van der Waals surface area contributed by atoms with Gasteiger partial charge < -0.3 is 10.1 Å². The smallest absolute Gasteiger partial charge is 0.300 e. The number of benzene rings is 2. The van der Waals surface area contributed by atoms with Crippen molar-refractivity contribution >= 4 is 34.0 Å². The number of aromatic nitrogens is 2. The number of hydrogen-bond donors (Lipinski definition) is 2. The van der Waals surface area contributed by atoms with E-state index in [2.05, 4.69) is 9.97 Å². The molecule has 0 saturated carbocycles. The number of Topliss-reactive ketones (excluding diaryl/α,β-unsaturated/α-hetero) is 1. The maximum Gasteiger partial charge on any atom is 0.300 e. The van der Waals surface area contributed by atoms with Crippen molar-refractivity contribution in [1.29, 1.82) is 0 Å². The van der Waals surface area contributed by atoms with Gasteiger partial charge in [0.2, 0.25) is 0 Å². The van der Waals surface area contributed by atoms with Crippen LogP contribution in [0.25, 0.3) is 16.7 Å². The number of H-pyrrole nitrogens is 1. The highest BCUT2D eigenvalue weighted by atomic mass is 19.1. The molecule has 1 fully saturated rings. The van der Waals surface area contributed by atoms with Gasteiger partial charge in [0.25, 0.3) is 11.7 Å². The van der Waals surface area contributed by atoms with Gasteiger partial charge in [-0.05, 0) is 36.4 Å². The first-order valence-corrected chi connectivity index (χ1v) is 9.59. The molecule has 1 aliphatic rings. The fraction of sp³-hybridized carbons (Fsp3) is 0.0417. The van der Waals surface area contributed by atoms with E-state index in [1.807, 2.05) is 24.3 Å². The van der Waals surface area contributed by atoms with Crippen LogP contribution in [0.1, 0.15) is 17.2 Å². The highest BCUT2D eigenvalue weighted by Crippen LogP contribution is 2.44. The Hall–Kier alpha value is -4.26. The first kappa shape index (κ1) is 18.7. The highest BCUT2D eigenvalue weighted by Gasteiger charge is 2.47. The van der Waals surface area contributed by atoms with E-state index in [9.17, 15) is 19.1 Å². The Balaban J connectivity index is 1.80. The molecule has 1 aliphatic heterocycles. The van der Waals surface area contributed by atoms with E-state index in [4.69, 9.17) is 0 Å². The number of amides is 1. The summed E-state index contributed by atoms with van der Waals surface area (Å²) >= 11 is 0. The number of halogens is 1. The van der Waals surface area contributed by atoms with Crippen molar-refractivity contribution in [3.05, 3.63) is 102 Å². The second-order valence-electron chi connectivity index (χ2n) is 7.17. The topological polar surface area (TPSA) is 86.3 Å². The van der Waals surface area contributed by atoms with Gasteiger partial charge in [0, 0.05) is 46.3 Å². The van der Waals surface area contributed by atoms with Gasteiger partial charge in [-0.3, -0.25) is 19.5 Å². The van der Waals surface area contributed by atoms with Gasteiger partial charge in [-0.15, -0.1) is 0 Å². The number of pyridine rings is 1. The van der Waals surface area contributed by atoms with Crippen LogP contribution >= 0.6 is 0 Å². The molecule has 0 radical (unpaired) electrons. The van der Waals surface area contributed by atoms with Gasteiger partial charge in [0.15, 0.2) is 0 Å². The predicted octanol–water partition coefficient (Wildman–Crippen LogP) is 4.33. The summed E-state index contributed by atoms with van der Waals surface area (Å²) in [5, 5.41) is 11.8. The zero-order chi connectivity index (χ0) is 21.5. The monoisotopic (exact) mass is 413 g/mol. The van der Waals surface area contributed by atoms with Gasteiger partial charge in [-0.1, -0.05) is 24.3 Å². The zero-order valence-electron chi connectivity index (χ0n) is 16.1. The first-order valence-electron chi connectivity index (χ1n) is 9.59. The van der Waals surface area contributed by atoms with Crippen molar-refractivity contribution in [2.75, 3.05) is 4.90 Å². The first-order chi connectivity index (χ1) is 15.1. The molecule has 7 heteroatoms. The summed E-state index contributed by atoms with van der Waals surface area (Å²) in [6.45, 7) is 0. The molecule has 0 bridgehead atoms. The Morgan fingerprint density at radius 3 is 2.58 bits per heavy atom. The Morgan fingerprint density at radius 2 is 1.81 bits per heavy atom. The van der Waals surface area contributed by atoms with E-state index in [0.717, 1.165) is 10.9 Å². The summed E-state index contributed by atoms with van der Waals surface area (Å²) < 4.78 is 14.0. The number of para-hydroxylation sites is 1. The molecule has 6 nitrogen and oxygen atoms in total. The summed E-state index contributed by atoms with van der Waals surface area (Å²) in [4.78, 5) is 34.5. The third-order valence-electron chi connectivity index (χ3n) is 5.40. The maximum absolute atomic E-state index is 14.0. The van der Waals surface area contributed by atoms with Crippen LogP contribution in [0.4, 0.5) is 10.1 Å². The molecular weight excluding hydrogens is 397 g/mol. The summed E-state index contributed by atoms with van der Waals surface area (Å²) in [5.41, 5.74) is 1.95. The molecule has 2 aromatic heterocycles. The lowest BCUT2D eigenvalue weighted by atomic mass is 9.95. The minimum absolute atomic E-state index is 0.0646. The van der Waals surface area contributed by atoms with E-state index >= 15 is 0 Å². The third kappa shape index (κ3) is 2.98. The number of ketones is 1. The number of nitrogens with one attached hydrogen (secondary N) is 1. The molecular formula is C24H16FN3O3. The number of aliphatic hydroxyl groups is 1. The standard InChI is InChI=1S/C24H16FN3O3/c25-15-4-3-5-16(12-15)28-21(18-13-27-19-7-2-1-6-17(18)19)20(23(30)24(28)31)22(29)14-8-10-26-11-9-14/h1-13,21,27,29H/b22-20+. The molecule has 4 aromatic rings. The minimum Gasteiger partial charge on any atom is -0.507 e. The van der Waals surface area contributed by atoms with Crippen LogP contribution in [0.5, 0.6) is 0 Å². The van der Waals surface area contributed by atoms with Crippen molar-refractivity contribution in [2.24, 2.45) is 0 Å². The molecule has 2 N–H and O–H groups in total. The second-order valence-corrected chi connectivity index (χ2v) is 7.17. The number of hydrogen-bond acceptors (Lipinski definition) is 4. The van der Waals surface area contributed by atoms with E-state index in [1.165, 1.54) is 35.5 Å². The lowest BCUT2D eigenvalue weighted by molar-refractivity contribution is -0.132. The summed E-state index contributed by atoms with van der Waals surface area (Å²) in [6, 6.07) is 15.1. The molecule has 1 saturated heterocycles. The fourth-order valence-corrected chi connectivity index (χ4v) is 4.00. The van der Waals surface area contributed by atoms with Gasteiger partial charge >= 0.3 is 0 Å².